The Morgan fingerprint density at radius 1 is 1.03 bits per heavy atom. The van der Waals surface area contributed by atoms with Gasteiger partial charge in [0.25, 0.3) is 0 Å². The molecule has 2 aromatic carbocycles. The fraction of sp³-hybridized carbons (Fsp3) is 0.286. The number of halogens is 1. The van der Waals surface area contributed by atoms with Gasteiger partial charge in [0.2, 0.25) is 26.6 Å². The van der Waals surface area contributed by atoms with Gasteiger partial charge in [-0.15, -0.1) is 0 Å². The largest absolute Gasteiger partial charge is 0.496 e. The van der Waals surface area contributed by atoms with Crippen molar-refractivity contribution in [2.45, 2.75) is 29.2 Å². The van der Waals surface area contributed by atoms with Crippen LogP contribution in [0, 0.1) is 0 Å². The van der Waals surface area contributed by atoms with Crippen molar-refractivity contribution in [2.75, 3.05) is 25.1 Å². The fourth-order valence-corrected chi connectivity index (χ4v) is 5.02. The first-order valence-electron chi connectivity index (χ1n) is 9.40. The summed E-state index contributed by atoms with van der Waals surface area (Å²) in [6, 6.07) is 13.8. The summed E-state index contributed by atoms with van der Waals surface area (Å²) in [4.78, 5) is 6.60. The van der Waals surface area contributed by atoms with Crippen molar-refractivity contribution in [1.82, 2.24) is 4.98 Å². The molecule has 0 amide bonds. The second-order valence-electron chi connectivity index (χ2n) is 6.83. The van der Waals surface area contributed by atoms with Gasteiger partial charge in [-0.3, -0.25) is 0 Å². The van der Waals surface area contributed by atoms with E-state index in [-0.39, 0.29) is 15.8 Å². The highest BCUT2D eigenvalue weighted by Gasteiger charge is 2.32. The highest BCUT2D eigenvalue weighted by Crippen LogP contribution is 2.38. The summed E-state index contributed by atoms with van der Waals surface area (Å²) in [7, 11) is -2.29. The van der Waals surface area contributed by atoms with Crippen LogP contribution in [0.25, 0.3) is 11.5 Å². The van der Waals surface area contributed by atoms with Crippen LogP contribution < -0.4 is 9.64 Å². The van der Waals surface area contributed by atoms with Gasteiger partial charge in [-0.1, -0.05) is 28.1 Å². The fourth-order valence-electron chi connectivity index (χ4n) is 3.43. The van der Waals surface area contributed by atoms with Gasteiger partial charge >= 0.3 is 0 Å². The van der Waals surface area contributed by atoms with Crippen LogP contribution in [0.15, 0.2) is 67.3 Å². The van der Waals surface area contributed by atoms with Gasteiger partial charge in [0.1, 0.15) is 5.75 Å². The van der Waals surface area contributed by atoms with E-state index in [0.717, 1.165) is 36.8 Å². The minimum atomic E-state index is -3.85. The van der Waals surface area contributed by atoms with E-state index in [1.807, 2.05) is 17.0 Å². The number of oxazole rings is 1. The Labute approximate surface area is 178 Å². The van der Waals surface area contributed by atoms with Crippen LogP contribution in [0.4, 0.5) is 5.88 Å². The molecule has 1 fully saturated rings. The number of para-hydroxylation sites is 1. The number of methoxy groups -OCH3 is 1. The number of rotatable bonds is 5. The Balaban J connectivity index is 1.87. The molecule has 29 heavy (non-hydrogen) atoms. The zero-order valence-corrected chi connectivity index (χ0v) is 18.4. The van der Waals surface area contributed by atoms with Crippen LogP contribution in [0.5, 0.6) is 5.75 Å². The summed E-state index contributed by atoms with van der Waals surface area (Å²) in [5, 5.41) is -0.0531. The number of hydrogen-bond donors (Lipinski definition) is 0. The Morgan fingerprint density at radius 2 is 1.72 bits per heavy atom. The minimum Gasteiger partial charge on any atom is -0.496 e. The molecule has 1 aliphatic heterocycles. The third-order valence-electron chi connectivity index (χ3n) is 4.94. The lowest BCUT2D eigenvalue weighted by Gasteiger charge is -2.26. The normalized spacial score (nSPS) is 14.8. The molecule has 6 nitrogen and oxygen atoms in total. The number of piperidine rings is 1. The first-order chi connectivity index (χ1) is 14.0. The molecule has 0 saturated carbocycles. The van der Waals surface area contributed by atoms with E-state index >= 15 is 0 Å². The molecular weight excluding hydrogens is 456 g/mol. The molecular formula is C21H21BrN2O4S. The summed E-state index contributed by atoms with van der Waals surface area (Å²) in [6.07, 6.45) is 3.10. The summed E-state index contributed by atoms with van der Waals surface area (Å²) < 4.78 is 39.1. The molecule has 4 rings (SSSR count). The van der Waals surface area contributed by atoms with E-state index in [1.54, 1.807) is 43.5 Å². The highest BCUT2D eigenvalue weighted by atomic mass is 79.9. The van der Waals surface area contributed by atoms with Crippen LogP contribution in [0.3, 0.4) is 0 Å². The van der Waals surface area contributed by atoms with Crippen molar-refractivity contribution in [3.05, 3.63) is 53.0 Å². The smallest absolute Gasteiger partial charge is 0.236 e. The zero-order valence-electron chi connectivity index (χ0n) is 16.0. The number of ether oxygens (including phenoxy) is 1. The maximum absolute atomic E-state index is 13.4. The van der Waals surface area contributed by atoms with Gasteiger partial charge in [0, 0.05) is 17.6 Å². The monoisotopic (exact) mass is 476 g/mol. The van der Waals surface area contributed by atoms with Gasteiger partial charge in [-0.25, -0.2) is 8.42 Å². The van der Waals surface area contributed by atoms with Crippen LogP contribution in [0.2, 0.25) is 0 Å². The molecule has 1 aliphatic rings. The van der Waals surface area contributed by atoms with Crippen molar-refractivity contribution in [3.63, 3.8) is 0 Å². The molecule has 3 aromatic rings. The summed E-state index contributed by atoms with van der Waals surface area (Å²) in [5.41, 5.74) is 0.616. The average molecular weight is 477 g/mol. The van der Waals surface area contributed by atoms with Crippen molar-refractivity contribution in [2.24, 2.45) is 0 Å². The Kier molecular flexibility index (Phi) is 5.65. The van der Waals surface area contributed by atoms with Gasteiger partial charge in [-0.05, 0) is 55.7 Å². The SMILES string of the molecule is COc1ccccc1-c1nc(S(=O)(=O)c2ccc(Br)cc2)c(N2CCCCC2)o1. The van der Waals surface area contributed by atoms with Gasteiger partial charge in [0.05, 0.1) is 17.6 Å². The molecule has 0 aliphatic carbocycles. The van der Waals surface area contributed by atoms with Crippen molar-refractivity contribution in [1.29, 1.82) is 0 Å². The number of aromatic nitrogens is 1. The zero-order chi connectivity index (χ0) is 20.4. The lowest BCUT2D eigenvalue weighted by molar-refractivity contribution is 0.414. The van der Waals surface area contributed by atoms with Crippen LogP contribution >= 0.6 is 15.9 Å². The third-order valence-corrected chi connectivity index (χ3v) is 7.13. The Hall–Kier alpha value is -2.32. The Bertz CT molecular complexity index is 1100. The number of benzene rings is 2. The van der Waals surface area contributed by atoms with Crippen LogP contribution in [-0.2, 0) is 9.84 Å². The van der Waals surface area contributed by atoms with Crippen LogP contribution in [0.1, 0.15) is 19.3 Å². The number of hydrogen-bond acceptors (Lipinski definition) is 6. The average Bonchev–Trinajstić information content (AvgIpc) is 3.21. The summed E-state index contributed by atoms with van der Waals surface area (Å²) in [5.74, 6) is 1.11. The third kappa shape index (κ3) is 3.91. The molecule has 0 unspecified atom stereocenters. The maximum atomic E-state index is 13.4. The van der Waals surface area contributed by atoms with Crippen molar-refractivity contribution < 1.29 is 17.6 Å². The molecule has 0 radical (unpaired) electrons. The van der Waals surface area contributed by atoms with E-state index in [1.165, 1.54) is 0 Å². The quantitative estimate of drug-likeness (QED) is 0.519. The van der Waals surface area contributed by atoms with E-state index in [4.69, 9.17) is 9.15 Å². The predicted octanol–water partition coefficient (Wildman–Crippen LogP) is 4.94. The Morgan fingerprint density at radius 3 is 2.41 bits per heavy atom. The molecule has 0 bridgehead atoms. The second kappa shape index (κ2) is 8.20. The second-order valence-corrected chi connectivity index (χ2v) is 9.62. The molecule has 0 N–H and O–H groups in total. The predicted molar refractivity (Wildman–Crippen MR) is 114 cm³/mol. The highest BCUT2D eigenvalue weighted by molar-refractivity contribution is 9.10. The molecule has 2 heterocycles. The number of sulfone groups is 1. The lowest BCUT2D eigenvalue weighted by atomic mass is 10.1. The van der Waals surface area contributed by atoms with E-state index in [0.29, 0.717) is 17.2 Å². The molecule has 0 spiro atoms. The molecule has 152 valence electrons. The number of anilines is 1. The topological polar surface area (TPSA) is 72.6 Å². The van der Waals surface area contributed by atoms with Gasteiger partial charge < -0.3 is 14.1 Å². The molecule has 8 heteroatoms. The molecule has 0 atom stereocenters. The summed E-state index contributed by atoms with van der Waals surface area (Å²) >= 11 is 3.34. The van der Waals surface area contributed by atoms with Crippen LogP contribution in [-0.4, -0.2) is 33.6 Å². The molecule has 1 saturated heterocycles. The lowest BCUT2D eigenvalue weighted by Crippen LogP contribution is -2.30. The van der Waals surface area contributed by atoms with E-state index in [2.05, 4.69) is 20.9 Å². The molecule has 1 aromatic heterocycles. The summed E-state index contributed by atoms with van der Waals surface area (Å²) in [6.45, 7) is 1.48. The van der Waals surface area contributed by atoms with Crippen molar-refractivity contribution in [3.8, 4) is 17.2 Å². The van der Waals surface area contributed by atoms with Crippen molar-refractivity contribution >= 4 is 31.7 Å². The first-order valence-corrected chi connectivity index (χ1v) is 11.7. The number of nitrogens with zero attached hydrogens (tertiary/aromatic N) is 2. The minimum absolute atomic E-state index is 0.0531. The standard InChI is InChI=1S/C21H21BrN2O4S/c1-27-18-8-4-3-7-17(18)19-23-20(21(28-19)24-13-5-2-6-14-24)29(25,26)16-11-9-15(22)10-12-16/h3-4,7-12H,2,5-6,13-14H2,1H3. The van der Waals surface area contributed by atoms with E-state index in [9.17, 15) is 8.42 Å². The first kappa shape index (κ1) is 20.0. The van der Waals surface area contributed by atoms with Gasteiger partial charge in [-0.2, -0.15) is 4.98 Å². The van der Waals surface area contributed by atoms with E-state index < -0.39 is 9.84 Å². The maximum Gasteiger partial charge on any atom is 0.236 e. The van der Waals surface area contributed by atoms with Gasteiger partial charge in [0.15, 0.2) is 0 Å².